The zero-order valence-corrected chi connectivity index (χ0v) is 20.1. The Morgan fingerprint density at radius 3 is 1.77 bits per heavy atom. The number of ether oxygens (including phenoxy) is 1. The van der Waals surface area contributed by atoms with Gasteiger partial charge in [0, 0.05) is 0 Å². The zero-order chi connectivity index (χ0) is 21.8. The molecule has 0 N–H and O–H groups in total. The highest BCUT2D eigenvalue weighted by atomic mass is 79.9. The third kappa shape index (κ3) is 5.31. The molecule has 0 spiro atoms. The van der Waals surface area contributed by atoms with E-state index < -0.39 is 0 Å². The van der Waals surface area contributed by atoms with Crippen LogP contribution < -0.4 is 4.74 Å². The van der Waals surface area contributed by atoms with Crippen LogP contribution in [0.1, 0.15) is 11.1 Å². The molecule has 0 radical (unpaired) electrons. The van der Waals surface area contributed by atoms with Gasteiger partial charge < -0.3 is 4.74 Å². The molecule has 0 saturated carbocycles. The number of thiophene rings is 1. The lowest BCUT2D eigenvalue weighted by molar-refractivity contribution is -0.133. The molecule has 4 rings (SSSR count). The molecule has 0 unspecified atom stereocenters. The lowest BCUT2D eigenvalue weighted by atomic mass is 10.00. The fourth-order valence-corrected chi connectivity index (χ4v) is 5.95. The predicted molar refractivity (Wildman–Crippen MR) is 131 cm³/mol. The summed E-state index contributed by atoms with van der Waals surface area (Å²) in [5.74, 6) is 0.221. The van der Waals surface area contributed by atoms with Crippen LogP contribution >= 0.6 is 43.2 Å². The molecule has 1 heterocycles. The summed E-state index contributed by atoms with van der Waals surface area (Å²) in [6.07, 6.45) is 0.210. The Morgan fingerprint density at radius 2 is 1.32 bits per heavy atom. The molecule has 152 valence electrons. The Labute approximate surface area is 201 Å². The van der Waals surface area contributed by atoms with Crippen molar-refractivity contribution in [1.82, 2.24) is 0 Å². The summed E-state index contributed by atoms with van der Waals surface area (Å²) in [5, 5.41) is 8.93. The molecule has 6 heteroatoms. The van der Waals surface area contributed by atoms with Crippen molar-refractivity contribution in [2.24, 2.45) is 0 Å². The minimum absolute atomic E-state index is 0.210. The average molecular weight is 553 g/mol. The molecule has 31 heavy (non-hydrogen) atoms. The summed E-state index contributed by atoms with van der Waals surface area (Å²) in [7, 11) is 0. The fraction of sp³-hybridized carbons (Fsp3) is 0.0400. The molecule has 0 aliphatic carbocycles. The number of carbonyl (C=O) groups is 1. The molecular weight excluding hydrogens is 538 g/mol. The number of nitrogens with zero attached hydrogens (tertiary/aromatic N) is 1. The van der Waals surface area contributed by atoms with Gasteiger partial charge in [-0.3, -0.25) is 4.79 Å². The quantitative estimate of drug-likeness (QED) is 0.189. The van der Waals surface area contributed by atoms with Crippen molar-refractivity contribution in [3.8, 4) is 34.1 Å². The first-order valence-corrected chi connectivity index (χ1v) is 11.8. The van der Waals surface area contributed by atoms with Crippen molar-refractivity contribution in [1.29, 1.82) is 5.26 Å². The van der Waals surface area contributed by atoms with Crippen LogP contribution in [0, 0.1) is 11.3 Å². The molecule has 1 aromatic heterocycles. The molecule has 0 bridgehead atoms. The summed E-state index contributed by atoms with van der Waals surface area (Å²) >= 11 is 8.41. The SMILES string of the molecule is N#Cc1ccc(-c2ccc(-c3ccc(OC(=O)Cc4cc(Br)sc4Br)cc3)cc2)cc1. The number of hydrogen-bond donors (Lipinski definition) is 0. The highest BCUT2D eigenvalue weighted by Crippen LogP contribution is 2.32. The maximum absolute atomic E-state index is 12.2. The summed E-state index contributed by atoms with van der Waals surface area (Å²) in [6.45, 7) is 0. The minimum Gasteiger partial charge on any atom is -0.426 e. The van der Waals surface area contributed by atoms with Gasteiger partial charge in [-0.05, 0) is 90.0 Å². The number of rotatable bonds is 5. The van der Waals surface area contributed by atoms with Crippen molar-refractivity contribution >= 4 is 49.2 Å². The third-order valence-electron chi connectivity index (χ3n) is 4.71. The Kier molecular flexibility index (Phi) is 6.67. The van der Waals surface area contributed by atoms with Crippen LogP contribution in [0.5, 0.6) is 5.75 Å². The second-order valence-electron chi connectivity index (χ2n) is 6.79. The number of nitriles is 1. The van der Waals surface area contributed by atoms with E-state index >= 15 is 0 Å². The first-order valence-electron chi connectivity index (χ1n) is 9.37. The fourth-order valence-electron chi connectivity index (χ4n) is 3.13. The predicted octanol–water partition coefficient (Wildman–Crippen LogP) is 7.63. The molecule has 0 atom stereocenters. The number of halogens is 2. The van der Waals surface area contributed by atoms with Crippen LogP contribution in [0.15, 0.2) is 86.4 Å². The first-order chi connectivity index (χ1) is 15.0. The molecule has 4 aromatic rings. The number of carbonyl (C=O) groups excluding carboxylic acids is 1. The largest absolute Gasteiger partial charge is 0.426 e. The summed E-state index contributed by atoms with van der Waals surface area (Å²) in [6, 6.07) is 27.3. The highest BCUT2D eigenvalue weighted by Gasteiger charge is 2.12. The van der Waals surface area contributed by atoms with E-state index in [2.05, 4.69) is 62.2 Å². The Bertz CT molecular complexity index is 1260. The lowest BCUT2D eigenvalue weighted by Gasteiger charge is -2.07. The van der Waals surface area contributed by atoms with Gasteiger partial charge >= 0.3 is 5.97 Å². The van der Waals surface area contributed by atoms with Crippen LogP contribution in [0.2, 0.25) is 0 Å². The maximum Gasteiger partial charge on any atom is 0.315 e. The van der Waals surface area contributed by atoms with Gasteiger partial charge in [0.25, 0.3) is 0 Å². The molecule has 0 aliphatic rings. The monoisotopic (exact) mass is 551 g/mol. The van der Waals surface area contributed by atoms with E-state index in [1.165, 1.54) is 11.3 Å². The van der Waals surface area contributed by atoms with Crippen molar-refractivity contribution in [3.63, 3.8) is 0 Å². The standard InChI is InChI=1S/C25H15Br2NO2S/c26-23-13-21(25(27)31-23)14-24(29)30-22-11-9-20(10-12-22)19-7-5-18(6-8-19)17-3-1-16(15-28)2-4-17/h1-13H,14H2. The van der Waals surface area contributed by atoms with Gasteiger partial charge in [0.1, 0.15) is 5.75 Å². The smallest absolute Gasteiger partial charge is 0.315 e. The van der Waals surface area contributed by atoms with Crippen LogP contribution in [0.3, 0.4) is 0 Å². The van der Waals surface area contributed by atoms with Crippen molar-refractivity contribution in [2.75, 3.05) is 0 Å². The van der Waals surface area contributed by atoms with Crippen LogP contribution in [-0.2, 0) is 11.2 Å². The van der Waals surface area contributed by atoms with E-state index in [1.54, 1.807) is 12.1 Å². The molecule has 0 fully saturated rings. The lowest BCUT2D eigenvalue weighted by Crippen LogP contribution is -2.10. The molecule has 0 saturated heterocycles. The van der Waals surface area contributed by atoms with Crippen molar-refractivity contribution in [2.45, 2.75) is 6.42 Å². The minimum atomic E-state index is -0.300. The number of hydrogen-bond acceptors (Lipinski definition) is 4. The normalized spacial score (nSPS) is 10.5. The second-order valence-corrected chi connectivity index (χ2v) is 10.5. The summed E-state index contributed by atoms with van der Waals surface area (Å²) in [5.41, 5.74) is 5.82. The van der Waals surface area contributed by atoms with E-state index in [1.807, 2.05) is 42.5 Å². The molecular formula is C25H15Br2NO2S. The second kappa shape index (κ2) is 9.61. The molecule has 0 amide bonds. The van der Waals surface area contributed by atoms with Gasteiger partial charge in [-0.15, -0.1) is 11.3 Å². The Hall–Kier alpha value is -2.72. The van der Waals surface area contributed by atoms with Gasteiger partial charge in [0.05, 0.1) is 25.6 Å². The Balaban J connectivity index is 1.42. The van der Waals surface area contributed by atoms with Crippen LogP contribution in [0.25, 0.3) is 22.3 Å². The summed E-state index contributed by atoms with van der Waals surface area (Å²) in [4.78, 5) is 12.2. The topological polar surface area (TPSA) is 50.1 Å². The van der Waals surface area contributed by atoms with Gasteiger partial charge in [0.2, 0.25) is 0 Å². The maximum atomic E-state index is 12.2. The van der Waals surface area contributed by atoms with Gasteiger partial charge in [0.15, 0.2) is 0 Å². The van der Waals surface area contributed by atoms with E-state index in [0.717, 1.165) is 35.4 Å². The van der Waals surface area contributed by atoms with E-state index in [-0.39, 0.29) is 12.4 Å². The van der Waals surface area contributed by atoms with Crippen molar-refractivity contribution < 1.29 is 9.53 Å². The van der Waals surface area contributed by atoms with E-state index in [4.69, 9.17) is 10.00 Å². The molecule has 3 aromatic carbocycles. The molecule has 3 nitrogen and oxygen atoms in total. The molecule has 0 aliphatic heterocycles. The van der Waals surface area contributed by atoms with Gasteiger partial charge in [-0.2, -0.15) is 5.26 Å². The van der Waals surface area contributed by atoms with Crippen LogP contribution in [0.4, 0.5) is 0 Å². The van der Waals surface area contributed by atoms with Crippen LogP contribution in [-0.4, -0.2) is 5.97 Å². The Morgan fingerprint density at radius 1 is 0.839 bits per heavy atom. The van der Waals surface area contributed by atoms with E-state index in [9.17, 15) is 4.79 Å². The highest BCUT2D eigenvalue weighted by molar-refractivity contribution is 9.12. The number of benzene rings is 3. The zero-order valence-electron chi connectivity index (χ0n) is 16.1. The van der Waals surface area contributed by atoms with Crippen molar-refractivity contribution in [3.05, 3.63) is 97.6 Å². The summed E-state index contributed by atoms with van der Waals surface area (Å²) < 4.78 is 7.37. The average Bonchev–Trinajstić information content (AvgIpc) is 3.10. The van der Waals surface area contributed by atoms with Gasteiger partial charge in [-0.25, -0.2) is 0 Å². The van der Waals surface area contributed by atoms with Gasteiger partial charge in [-0.1, -0.05) is 48.5 Å². The number of esters is 1. The third-order valence-corrected chi connectivity index (χ3v) is 7.18. The first kappa shape index (κ1) is 21.5. The van der Waals surface area contributed by atoms with E-state index in [0.29, 0.717) is 11.3 Å².